The van der Waals surface area contributed by atoms with Crippen LogP contribution in [0.15, 0.2) is 24.4 Å². The molecule has 126 valence electrons. The van der Waals surface area contributed by atoms with E-state index in [1.807, 2.05) is 27.0 Å². The van der Waals surface area contributed by atoms with Crippen molar-refractivity contribution in [3.8, 4) is 0 Å². The lowest BCUT2D eigenvalue weighted by Gasteiger charge is -2.07. The van der Waals surface area contributed by atoms with Crippen molar-refractivity contribution in [1.29, 1.82) is 0 Å². The molecule has 0 fully saturated rings. The molecule has 5 heteroatoms. The number of aromatic amines is 1. The van der Waals surface area contributed by atoms with Gasteiger partial charge in [-0.15, -0.1) is 0 Å². The van der Waals surface area contributed by atoms with E-state index in [0.717, 1.165) is 23.4 Å². The van der Waals surface area contributed by atoms with Crippen molar-refractivity contribution >= 4 is 16.8 Å². The molecule has 0 saturated carbocycles. The Kier molecular flexibility index (Phi) is 4.42. The summed E-state index contributed by atoms with van der Waals surface area (Å²) >= 11 is 0. The smallest absolute Gasteiger partial charge is 0.241 e. The Bertz CT molecular complexity index is 888. The monoisotopic (exact) mass is 324 g/mol. The highest BCUT2D eigenvalue weighted by molar-refractivity contribution is 5.86. The van der Waals surface area contributed by atoms with Gasteiger partial charge in [0.1, 0.15) is 6.54 Å². The van der Waals surface area contributed by atoms with E-state index in [1.165, 1.54) is 22.0 Å². The second-order valence-electron chi connectivity index (χ2n) is 6.36. The minimum absolute atomic E-state index is 0.00313. The zero-order valence-electron chi connectivity index (χ0n) is 14.7. The average molecular weight is 324 g/mol. The normalized spacial score (nSPS) is 11.2. The fourth-order valence-electron chi connectivity index (χ4n) is 3.04. The number of carbonyl (C=O) groups is 1. The van der Waals surface area contributed by atoms with E-state index in [1.54, 1.807) is 4.68 Å². The second-order valence-corrected chi connectivity index (χ2v) is 6.36. The van der Waals surface area contributed by atoms with E-state index in [0.29, 0.717) is 6.54 Å². The first-order valence-electron chi connectivity index (χ1n) is 8.30. The van der Waals surface area contributed by atoms with Gasteiger partial charge in [0.25, 0.3) is 0 Å². The number of benzene rings is 1. The van der Waals surface area contributed by atoms with Gasteiger partial charge in [-0.1, -0.05) is 18.2 Å². The number of rotatable bonds is 5. The molecule has 1 amide bonds. The zero-order valence-corrected chi connectivity index (χ0v) is 14.7. The number of nitrogens with one attached hydrogen (secondary N) is 2. The number of hydrogen-bond donors (Lipinski definition) is 2. The zero-order chi connectivity index (χ0) is 17.3. The molecule has 0 atom stereocenters. The van der Waals surface area contributed by atoms with Gasteiger partial charge in [0.05, 0.1) is 5.69 Å². The van der Waals surface area contributed by atoms with Crippen LogP contribution in [0.4, 0.5) is 0 Å². The maximum Gasteiger partial charge on any atom is 0.241 e. The molecule has 1 aromatic carbocycles. The first kappa shape index (κ1) is 16.3. The van der Waals surface area contributed by atoms with E-state index in [2.05, 4.69) is 40.5 Å². The Labute approximate surface area is 142 Å². The summed E-state index contributed by atoms with van der Waals surface area (Å²) in [5.74, 6) is -0.00313. The van der Waals surface area contributed by atoms with Crippen LogP contribution in [0.1, 0.15) is 28.1 Å². The molecule has 24 heavy (non-hydrogen) atoms. The maximum atomic E-state index is 12.2. The van der Waals surface area contributed by atoms with Crippen molar-refractivity contribution in [2.75, 3.05) is 6.54 Å². The molecule has 3 rings (SSSR count). The summed E-state index contributed by atoms with van der Waals surface area (Å²) < 4.78 is 1.77. The van der Waals surface area contributed by atoms with Crippen molar-refractivity contribution in [3.05, 3.63) is 52.5 Å². The molecule has 0 radical (unpaired) electrons. The molecule has 0 bridgehead atoms. The standard InChI is InChI=1S/C19H24N4O/c1-12-6-5-7-17-16(10-21-19(12)17)8-9-20-18(24)11-23-15(4)13(2)14(3)22-23/h5-7,10,21H,8-9,11H2,1-4H3,(H,20,24). The summed E-state index contributed by atoms with van der Waals surface area (Å²) in [6, 6.07) is 6.29. The summed E-state index contributed by atoms with van der Waals surface area (Å²) in [4.78, 5) is 15.5. The number of nitrogens with zero attached hydrogens (tertiary/aromatic N) is 2. The van der Waals surface area contributed by atoms with Crippen LogP contribution in [0.3, 0.4) is 0 Å². The van der Waals surface area contributed by atoms with Gasteiger partial charge >= 0.3 is 0 Å². The quantitative estimate of drug-likeness (QED) is 0.758. The minimum Gasteiger partial charge on any atom is -0.361 e. The molecule has 2 aromatic heterocycles. The third-order valence-corrected chi connectivity index (χ3v) is 4.76. The van der Waals surface area contributed by atoms with Crippen molar-refractivity contribution in [3.63, 3.8) is 0 Å². The van der Waals surface area contributed by atoms with Crippen LogP contribution in [0.5, 0.6) is 0 Å². The highest BCUT2D eigenvalue weighted by atomic mass is 16.2. The Morgan fingerprint density at radius 3 is 2.75 bits per heavy atom. The van der Waals surface area contributed by atoms with Crippen LogP contribution < -0.4 is 5.32 Å². The average Bonchev–Trinajstić information content (AvgIpc) is 3.06. The van der Waals surface area contributed by atoms with Crippen LogP contribution >= 0.6 is 0 Å². The van der Waals surface area contributed by atoms with E-state index in [4.69, 9.17) is 0 Å². The molecule has 0 aliphatic rings. The fraction of sp³-hybridized carbons (Fsp3) is 0.368. The molecule has 2 heterocycles. The van der Waals surface area contributed by atoms with Crippen molar-refractivity contribution in [2.45, 2.75) is 40.7 Å². The van der Waals surface area contributed by atoms with Gasteiger partial charge in [-0.25, -0.2) is 0 Å². The van der Waals surface area contributed by atoms with Crippen molar-refractivity contribution in [2.24, 2.45) is 0 Å². The summed E-state index contributed by atoms with van der Waals surface area (Å²) in [5, 5.41) is 8.63. The lowest BCUT2D eigenvalue weighted by molar-refractivity contribution is -0.121. The predicted octanol–water partition coefficient (Wildman–Crippen LogP) is 2.96. The van der Waals surface area contributed by atoms with Crippen LogP contribution in [0, 0.1) is 27.7 Å². The number of fused-ring (bicyclic) bond motifs is 1. The molecule has 0 spiro atoms. The van der Waals surface area contributed by atoms with Crippen LogP contribution in [-0.4, -0.2) is 27.2 Å². The number of aryl methyl sites for hydroxylation is 2. The fourth-order valence-corrected chi connectivity index (χ4v) is 3.04. The summed E-state index contributed by atoms with van der Waals surface area (Å²) in [7, 11) is 0. The number of H-pyrrole nitrogens is 1. The molecule has 3 aromatic rings. The van der Waals surface area contributed by atoms with Crippen molar-refractivity contribution < 1.29 is 4.79 Å². The molecule has 5 nitrogen and oxygen atoms in total. The van der Waals surface area contributed by atoms with Crippen LogP contribution in [0.2, 0.25) is 0 Å². The van der Waals surface area contributed by atoms with Gasteiger partial charge in [-0.2, -0.15) is 5.10 Å². The summed E-state index contributed by atoms with van der Waals surface area (Å²) in [6.07, 6.45) is 2.85. The molecule has 0 unspecified atom stereocenters. The molecular weight excluding hydrogens is 300 g/mol. The van der Waals surface area contributed by atoms with Gasteiger partial charge in [-0.05, 0) is 50.8 Å². The predicted molar refractivity (Wildman–Crippen MR) is 96.2 cm³/mol. The van der Waals surface area contributed by atoms with E-state index < -0.39 is 0 Å². The third kappa shape index (κ3) is 3.07. The minimum atomic E-state index is -0.00313. The molecule has 0 saturated heterocycles. The highest BCUT2D eigenvalue weighted by Gasteiger charge is 2.11. The lowest BCUT2D eigenvalue weighted by atomic mass is 10.1. The maximum absolute atomic E-state index is 12.2. The first-order valence-corrected chi connectivity index (χ1v) is 8.30. The second kappa shape index (κ2) is 6.51. The Morgan fingerprint density at radius 1 is 1.25 bits per heavy atom. The molecule has 0 aliphatic heterocycles. The van der Waals surface area contributed by atoms with Gasteiger partial charge < -0.3 is 10.3 Å². The van der Waals surface area contributed by atoms with E-state index in [9.17, 15) is 4.79 Å². The first-order chi connectivity index (χ1) is 11.5. The number of amides is 1. The molecule has 0 aliphatic carbocycles. The number of aromatic nitrogens is 3. The Hall–Kier alpha value is -2.56. The SMILES string of the molecule is Cc1nn(CC(=O)NCCc2c[nH]c3c(C)cccc23)c(C)c1C. The number of carbonyl (C=O) groups excluding carboxylic acids is 1. The summed E-state index contributed by atoms with van der Waals surface area (Å²) in [5.41, 5.74) is 6.83. The van der Waals surface area contributed by atoms with Gasteiger partial charge in [0.2, 0.25) is 5.91 Å². The third-order valence-electron chi connectivity index (χ3n) is 4.76. The molecule has 2 N–H and O–H groups in total. The van der Waals surface area contributed by atoms with Gasteiger partial charge in [-0.3, -0.25) is 9.48 Å². The van der Waals surface area contributed by atoms with E-state index in [-0.39, 0.29) is 12.5 Å². The molecular formula is C19H24N4O. The Morgan fingerprint density at radius 2 is 2.04 bits per heavy atom. The van der Waals surface area contributed by atoms with Crippen molar-refractivity contribution in [1.82, 2.24) is 20.1 Å². The topological polar surface area (TPSA) is 62.7 Å². The van der Waals surface area contributed by atoms with Gasteiger partial charge in [0.15, 0.2) is 0 Å². The van der Waals surface area contributed by atoms with Gasteiger partial charge in [0, 0.05) is 29.3 Å². The summed E-state index contributed by atoms with van der Waals surface area (Å²) in [6.45, 7) is 8.99. The largest absolute Gasteiger partial charge is 0.361 e. The Balaban J connectivity index is 1.58. The van der Waals surface area contributed by atoms with Crippen LogP contribution in [0.25, 0.3) is 10.9 Å². The lowest BCUT2D eigenvalue weighted by Crippen LogP contribution is -2.30. The van der Waals surface area contributed by atoms with Crippen LogP contribution in [-0.2, 0) is 17.8 Å². The number of para-hydroxylation sites is 1. The van der Waals surface area contributed by atoms with E-state index >= 15 is 0 Å². The highest BCUT2D eigenvalue weighted by Crippen LogP contribution is 2.21. The number of hydrogen-bond acceptors (Lipinski definition) is 2.